The van der Waals surface area contributed by atoms with Crippen LogP contribution in [0.2, 0.25) is 0 Å². The van der Waals surface area contributed by atoms with E-state index in [1.165, 1.54) is 30.5 Å². The molecule has 0 unspecified atom stereocenters. The zero-order valence-electron chi connectivity index (χ0n) is 11.2. The number of hydrogen-bond acceptors (Lipinski definition) is 6. The Kier molecular flexibility index (Phi) is 5.55. The molecule has 2 radical (unpaired) electrons. The Morgan fingerprint density at radius 3 is 3.05 bits per heavy atom. The van der Waals surface area contributed by atoms with Crippen molar-refractivity contribution in [3.8, 4) is 0 Å². The van der Waals surface area contributed by atoms with E-state index in [2.05, 4.69) is 16.8 Å². The van der Waals surface area contributed by atoms with Crippen LogP contribution in [-0.2, 0) is 4.79 Å². The van der Waals surface area contributed by atoms with Crippen LogP contribution < -0.4 is 11.1 Å². The van der Waals surface area contributed by atoms with Gasteiger partial charge in [-0.25, -0.2) is 0 Å². The number of benzene rings is 1. The molecular formula is C12H13B2N3O2S2. The van der Waals surface area contributed by atoms with Crippen molar-refractivity contribution in [2.24, 2.45) is 4.90 Å². The summed E-state index contributed by atoms with van der Waals surface area (Å²) in [7, 11) is 5.28. The molecule has 1 aromatic rings. The molecule has 0 bridgehead atoms. The van der Waals surface area contributed by atoms with Crippen molar-refractivity contribution >= 4 is 55.6 Å². The first kappa shape index (κ1) is 16.2. The molecule has 4 N–H and O–H groups in total. The normalized spacial score (nSPS) is 21.3. The van der Waals surface area contributed by atoms with Gasteiger partial charge in [0.25, 0.3) is 0 Å². The number of nitrogen functional groups attached to an aromatic ring is 1. The standard InChI is InChI=1S/C12H13B2N3O2S2/c1-6(11-16-9(5-20-11)12(18)19)21-10-4-7(17-14-13)2-3-8(10)15/h2-4,9,11,16H,1,5,15H2,(H,18,19)/t9-,11+/m1/s1. The third-order valence-electron chi connectivity index (χ3n) is 2.83. The molecule has 21 heavy (non-hydrogen) atoms. The molecule has 2 atom stereocenters. The second-order valence-electron chi connectivity index (χ2n) is 4.34. The molecule has 0 aromatic heterocycles. The van der Waals surface area contributed by atoms with Crippen LogP contribution in [0.5, 0.6) is 0 Å². The van der Waals surface area contributed by atoms with Crippen molar-refractivity contribution in [1.82, 2.24) is 5.32 Å². The molecule has 0 amide bonds. The van der Waals surface area contributed by atoms with Crippen LogP contribution in [0.4, 0.5) is 11.4 Å². The van der Waals surface area contributed by atoms with E-state index in [-0.39, 0.29) is 5.37 Å². The Bertz CT molecular complexity index is 598. The number of anilines is 1. The first-order valence-electron chi connectivity index (χ1n) is 6.12. The van der Waals surface area contributed by atoms with Gasteiger partial charge in [0.05, 0.1) is 0 Å². The van der Waals surface area contributed by atoms with Gasteiger partial charge in [-0.15, -0.1) is 0 Å². The molecule has 106 valence electrons. The summed E-state index contributed by atoms with van der Waals surface area (Å²) in [5.41, 5.74) is 7.27. The first-order chi connectivity index (χ1) is 10.0. The number of thioether (sulfide) groups is 2. The minimum absolute atomic E-state index is 0.114. The molecule has 2 rings (SSSR count). The maximum atomic E-state index is 10.9. The van der Waals surface area contributed by atoms with Crippen LogP contribution in [0.15, 0.2) is 39.5 Å². The van der Waals surface area contributed by atoms with Crippen molar-refractivity contribution in [3.63, 3.8) is 0 Å². The van der Waals surface area contributed by atoms with E-state index in [1.54, 1.807) is 12.1 Å². The SMILES string of the molecule is [B]B=Nc1ccc(N)c(SC(=C)[C@H]2N[C@@H](C(=O)O)CS2)c1. The van der Waals surface area contributed by atoms with Crippen molar-refractivity contribution < 1.29 is 9.90 Å². The summed E-state index contributed by atoms with van der Waals surface area (Å²) >= 11 is 2.93. The molecule has 0 saturated carbocycles. The number of nitrogens with one attached hydrogen (secondary N) is 1. The second-order valence-corrected chi connectivity index (χ2v) is 6.65. The van der Waals surface area contributed by atoms with Gasteiger partial charge in [-0.2, -0.15) is 0 Å². The van der Waals surface area contributed by atoms with E-state index in [0.717, 1.165) is 9.80 Å². The Balaban J connectivity index is 2.06. The molecule has 1 saturated heterocycles. The zero-order valence-corrected chi connectivity index (χ0v) is 12.8. The topological polar surface area (TPSA) is 87.7 Å². The monoisotopic (exact) mass is 317 g/mol. The van der Waals surface area contributed by atoms with Crippen molar-refractivity contribution in [3.05, 3.63) is 29.7 Å². The van der Waals surface area contributed by atoms with Gasteiger partial charge < -0.3 is 0 Å². The molecule has 1 fully saturated rings. The van der Waals surface area contributed by atoms with Gasteiger partial charge in [0.1, 0.15) is 0 Å². The molecule has 9 heteroatoms. The van der Waals surface area contributed by atoms with Gasteiger partial charge in [-0.05, 0) is 0 Å². The third kappa shape index (κ3) is 4.15. The maximum absolute atomic E-state index is 10.9. The van der Waals surface area contributed by atoms with Crippen LogP contribution in [0, 0.1) is 0 Å². The number of nitrogens with zero attached hydrogens (tertiary/aromatic N) is 1. The molecule has 1 aliphatic heterocycles. The van der Waals surface area contributed by atoms with Crippen LogP contribution in [0.1, 0.15) is 0 Å². The number of carbonyl (C=O) groups is 1. The summed E-state index contributed by atoms with van der Waals surface area (Å²) in [5.74, 6) is -0.325. The predicted molar refractivity (Wildman–Crippen MR) is 90.3 cm³/mol. The van der Waals surface area contributed by atoms with Gasteiger partial charge in [0.15, 0.2) is 0 Å². The van der Waals surface area contributed by atoms with E-state index >= 15 is 0 Å². The minimum atomic E-state index is -0.846. The van der Waals surface area contributed by atoms with E-state index in [0.29, 0.717) is 17.1 Å². The summed E-state index contributed by atoms with van der Waals surface area (Å²) in [5, 5.41) is 11.9. The summed E-state index contributed by atoms with van der Waals surface area (Å²) in [6.45, 7) is 5.23. The average Bonchev–Trinajstić information content (AvgIpc) is 2.93. The number of aliphatic carboxylic acids is 1. The fourth-order valence-corrected chi connectivity index (χ4v) is 4.01. The van der Waals surface area contributed by atoms with E-state index in [4.69, 9.17) is 18.6 Å². The third-order valence-corrected chi connectivity index (χ3v) is 5.33. The molecule has 0 spiro atoms. The average molecular weight is 317 g/mol. The Morgan fingerprint density at radius 2 is 2.43 bits per heavy atom. The van der Waals surface area contributed by atoms with Crippen molar-refractivity contribution in [1.29, 1.82) is 0 Å². The molecule has 0 aliphatic carbocycles. The first-order valence-corrected chi connectivity index (χ1v) is 7.98. The van der Waals surface area contributed by atoms with E-state index in [1.807, 2.05) is 6.07 Å². The Hall–Kier alpha value is -1.18. The van der Waals surface area contributed by atoms with E-state index in [9.17, 15) is 4.79 Å². The van der Waals surface area contributed by atoms with Gasteiger partial charge in [0, 0.05) is 0 Å². The Morgan fingerprint density at radius 1 is 1.67 bits per heavy atom. The predicted octanol–water partition coefficient (Wildman–Crippen LogP) is 1.59. The second kappa shape index (κ2) is 7.20. The quantitative estimate of drug-likeness (QED) is 0.434. The summed E-state index contributed by atoms with van der Waals surface area (Å²) < 4.78 is 0. The van der Waals surface area contributed by atoms with E-state index < -0.39 is 12.0 Å². The van der Waals surface area contributed by atoms with Crippen molar-refractivity contribution in [2.45, 2.75) is 16.3 Å². The molecule has 5 nitrogen and oxygen atoms in total. The summed E-state index contributed by atoms with van der Waals surface area (Å²) in [6, 6.07) is 4.81. The van der Waals surface area contributed by atoms with Gasteiger partial charge in [0.2, 0.25) is 0 Å². The summed E-state index contributed by atoms with van der Waals surface area (Å²) in [6.07, 6.45) is 0. The number of rotatable bonds is 5. The number of nitrogens with two attached hydrogens (primary N) is 1. The molecular weight excluding hydrogens is 304 g/mol. The number of carboxylic acid groups (broad SMARTS) is 1. The fraction of sp³-hybridized carbons (Fsp3) is 0.250. The van der Waals surface area contributed by atoms with Crippen LogP contribution >= 0.6 is 23.5 Å². The van der Waals surface area contributed by atoms with Gasteiger partial charge in [-0.3, -0.25) is 0 Å². The van der Waals surface area contributed by atoms with Crippen LogP contribution in [0.3, 0.4) is 0 Å². The van der Waals surface area contributed by atoms with Crippen LogP contribution in [0.25, 0.3) is 0 Å². The van der Waals surface area contributed by atoms with Crippen LogP contribution in [-0.4, -0.2) is 42.9 Å². The Labute approximate surface area is 133 Å². The zero-order chi connectivity index (χ0) is 15.4. The molecule has 1 heterocycles. The fourth-order valence-electron chi connectivity index (χ4n) is 1.77. The number of carboxylic acids is 1. The van der Waals surface area contributed by atoms with Crippen molar-refractivity contribution in [2.75, 3.05) is 11.5 Å². The summed E-state index contributed by atoms with van der Waals surface area (Å²) in [4.78, 5) is 16.6. The van der Waals surface area contributed by atoms with Gasteiger partial charge >= 0.3 is 133 Å². The number of hydrogen-bond donors (Lipinski definition) is 3. The van der Waals surface area contributed by atoms with Gasteiger partial charge in [-0.1, -0.05) is 0 Å². The molecule has 1 aliphatic rings. The molecule has 1 aromatic carbocycles.